The number of thioether (sulfide) groups is 1. The largest absolute Gasteiger partial charge is 0.504 e. The molecule has 116 valence electrons. The molecule has 0 saturated carbocycles. The average Bonchev–Trinajstić information content (AvgIpc) is 2.54. The monoisotopic (exact) mass is 318 g/mol. The van der Waals surface area contributed by atoms with Crippen molar-refractivity contribution in [2.45, 2.75) is 23.2 Å². The van der Waals surface area contributed by atoms with Gasteiger partial charge in [0.2, 0.25) is 0 Å². The first-order valence-corrected chi connectivity index (χ1v) is 7.88. The van der Waals surface area contributed by atoms with Gasteiger partial charge in [-0.15, -0.1) is 11.8 Å². The first-order chi connectivity index (χ1) is 10.6. The SMILES string of the molecule is COc1ccc2c(c1)S[C@@H](C)[C@H](c1ccc(O)c(OC)c1)O2. The molecular weight excluding hydrogens is 300 g/mol. The Kier molecular flexibility index (Phi) is 4.07. The minimum Gasteiger partial charge on any atom is -0.504 e. The summed E-state index contributed by atoms with van der Waals surface area (Å²) in [5, 5.41) is 9.96. The van der Waals surface area contributed by atoms with Crippen LogP contribution in [0.4, 0.5) is 0 Å². The van der Waals surface area contributed by atoms with Crippen molar-refractivity contribution in [2.75, 3.05) is 14.2 Å². The number of rotatable bonds is 3. The molecule has 1 N–H and O–H groups in total. The zero-order valence-electron chi connectivity index (χ0n) is 12.7. The molecule has 0 bridgehead atoms. The van der Waals surface area contributed by atoms with E-state index in [1.54, 1.807) is 32.0 Å². The maximum Gasteiger partial charge on any atom is 0.160 e. The smallest absolute Gasteiger partial charge is 0.160 e. The van der Waals surface area contributed by atoms with E-state index in [1.165, 1.54) is 0 Å². The molecule has 1 heterocycles. The van der Waals surface area contributed by atoms with Crippen LogP contribution in [0, 0.1) is 0 Å². The molecule has 0 fully saturated rings. The molecule has 0 aliphatic carbocycles. The molecule has 2 atom stereocenters. The minimum absolute atomic E-state index is 0.0969. The van der Waals surface area contributed by atoms with Gasteiger partial charge >= 0.3 is 0 Å². The first kappa shape index (κ1) is 14.9. The van der Waals surface area contributed by atoms with Crippen molar-refractivity contribution in [3.63, 3.8) is 0 Å². The topological polar surface area (TPSA) is 47.9 Å². The summed E-state index contributed by atoms with van der Waals surface area (Å²) in [4.78, 5) is 1.08. The molecule has 5 heteroatoms. The number of hydrogen-bond donors (Lipinski definition) is 1. The predicted molar refractivity (Wildman–Crippen MR) is 86.3 cm³/mol. The zero-order chi connectivity index (χ0) is 15.7. The Morgan fingerprint density at radius 3 is 2.64 bits per heavy atom. The molecule has 2 aromatic rings. The molecule has 0 aromatic heterocycles. The van der Waals surface area contributed by atoms with Crippen LogP contribution in [-0.2, 0) is 0 Å². The van der Waals surface area contributed by atoms with E-state index in [1.807, 2.05) is 30.3 Å². The van der Waals surface area contributed by atoms with Crippen LogP contribution >= 0.6 is 11.8 Å². The van der Waals surface area contributed by atoms with Crippen molar-refractivity contribution in [1.82, 2.24) is 0 Å². The Hall–Kier alpha value is -2.01. The highest BCUT2D eigenvalue weighted by Gasteiger charge is 2.29. The minimum atomic E-state index is -0.0969. The third kappa shape index (κ3) is 2.68. The number of ether oxygens (including phenoxy) is 3. The summed E-state index contributed by atoms with van der Waals surface area (Å²) in [5.74, 6) is 2.26. The van der Waals surface area contributed by atoms with Crippen LogP contribution in [0.2, 0.25) is 0 Å². The quantitative estimate of drug-likeness (QED) is 0.926. The third-order valence-corrected chi connectivity index (χ3v) is 4.87. The second-order valence-corrected chi connectivity index (χ2v) is 6.52. The van der Waals surface area contributed by atoms with E-state index in [4.69, 9.17) is 14.2 Å². The van der Waals surface area contributed by atoms with Gasteiger partial charge in [0.15, 0.2) is 11.5 Å². The Morgan fingerprint density at radius 1 is 1.09 bits per heavy atom. The van der Waals surface area contributed by atoms with Crippen molar-refractivity contribution < 1.29 is 19.3 Å². The summed E-state index contributed by atoms with van der Waals surface area (Å²) >= 11 is 1.75. The summed E-state index contributed by atoms with van der Waals surface area (Å²) in [7, 11) is 3.20. The fraction of sp³-hybridized carbons (Fsp3) is 0.294. The van der Waals surface area contributed by atoms with Crippen LogP contribution < -0.4 is 14.2 Å². The summed E-state index contributed by atoms with van der Waals surface area (Å²) < 4.78 is 16.6. The molecule has 0 unspecified atom stereocenters. The third-order valence-electron chi connectivity index (χ3n) is 3.68. The van der Waals surface area contributed by atoms with Gasteiger partial charge < -0.3 is 19.3 Å². The van der Waals surface area contributed by atoms with Crippen molar-refractivity contribution in [3.05, 3.63) is 42.0 Å². The van der Waals surface area contributed by atoms with Gasteiger partial charge in [-0.05, 0) is 42.8 Å². The molecule has 1 aliphatic heterocycles. The van der Waals surface area contributed by atoms with Gasteiger partial charge in [-0.2, -0.15) is 0 Å². The van der Waals surface area contributed by atoms with Crippen LogP contribution in [-0.4, -0.2) is 24.6 Å². The maximum absolute atomic E-state index is 9.73. The number of aromatic hydroxyl groups is 1. The fourth-order valence-corrected chi connectivity index (χ4v) is 3.66. The van der Waals surface area contributed by atoms with E-state index < -0.39 is 0 Å². The summed E-state index contributed by atoms with van der Waals surface area (Å²) in [6.45, 7) is 2.12. The Bertz CT molecular complexity index is 686. The first-order valence-electron chi connectivity index (χ1n) is 7.00. The number of methoxy groups -OCH3 is 2. The summed E-state index contributed by atoms with van der Waals surface area (Å²) in [5.41, 5.74) is 0.983. The Labute approximate surface area is 134 Å². The van der Waals surface area contributed by atoms with Gasteiger partial charge in [0.25, 0.3) is 0 Å². The van der Waals surface area contributed by atoms with Crippen molar-refractivity contribution >= 4 is 11.8 Å². The number of fused-ring (bicyclic) bond motifs is 1. The van der Waals surface area contributed by atoms with Gasteiger partial charge in [-0.1, -0.05) is 6.07 Å². The lowest BCUT2D eigenvalue weighted by molar-refractivity contribution is 0.194. The lowest BCUT2D eigenvalue weighted by Crippen LogP contribution is -2.22. The zero-order valence-corrected chi connectivity index (χ0v) is 13.5. The molecule has 0 saturated heterocycles. The van der Waals surface area contributed by atoms with E-state index in [0.717, 1.165) is 22.0 Å². The Morgan fingerprint density at radius 2 is 1.91 bits per heavy atom. The highest BCUT2D eigenvalue weighted by atomic mass is 32.2. The lowest BCUT2D eigenvalue weighted by atomic mass is 10.1. The second-order valence-electron chi connectivity index (χ2n) is 5.11. The van der Waals surface area contributed by atoms with Gasteiger partial charge in [-0.25, -0.2) is 0 Å². The van der Waals surface area contributed by atoms with Crippen LogP contribution in [0.15, 0.2) is 41.3 Å². The van der Waals surface area contributed by atoms with E-state index >= 15 is 0 Å². The second kappa shape index (κ2) is 6.01. The molecule has 0 amide bonds. The standard InChI is InChI=1S/C17H18O4S/c1-10-17(11-4-6-13(18)15(8-11)20-3)21-14-7-5-12(19-2)9-16(14)22-10/h4-10,17-18H,1-3H3/t10-,17+/m0/s1. The number of phenols is 1. The van der Waals surface area contributed by atoms with E-state index in [2.05, 4.69) is 6.92 Å². The van der Waals surface area contributed by atoms with E-state index in [0.29, 0.717) is 5.75 Å². The van der Waals surface area contributed by atoms with Crippen molar-refractivity contribution in [2.24, 2.45) is 0 Å². The van der Waals surface area contributed by atoms with Crippen LogP contribution in [0.1, 0.15) is 18.6 Å². The van der Waals surface area contributed by atoms with E-state index in [-0.39, 0.29) is 17.1 Å². The highest BCUT2D eigenvalue weighted by molar-refractivity contribution is 8.00. The van der Waals surface area contributed by atoms with E-state index in [9.17, 15) is 5.11 Å². The average molecular weight is 318 g/mol. The molecule has 4 nitrogen and oxygen atoms in total. The van der Waals surface area contributed by atoms with Gasteiger partial charge in [-0.3, -0.25) is 0 Å². The lowest BCUT2D eigenvalue weighted by Gasteiger charge is -2.31. The molecule has 2 aromatic carbocycles. The Balaban J connectivity index is 1.92. The van der Waals surface area contributed by atoms with Crippen LogP contribution in [0.25, 0.3) is 0 Å². The molecule has 22 heavy (non-hydrogen) atoms. The predicted octanol–water partition coefficient (Wildman–Crippen LogP) is 4.02. The van der Waals surface area contributed by atoms with Crippen molar-refractivity contribution in [3.8, 4) is 23.0 Å². The van der Waals surface area contributed by atoms with Gasteiger partial charge in [0.05, 0.1) is 19.1 Å². The number of hydrogen-bond acceptors (Lipinski definition) is 5. The fourth-order valence-electron chi connectivity index (χ4n) is 2.51. The highest BCUT2D eigenvalue weighted by Crippen LogP contribution is 2.47. The van der Waals surface area contributed by atoms with Crippen molar-refractivity contribution in [1.29, 1.82) is 0 Å². The molecule has 3 rings (SSSR count). The van der Waals surface area contributed by atoms with Gasteiger partial charge in [0, 0.05) is 5.25 Å². The summed E-state index contributed by atoms with van der Waals surface area (Å²) in [6.07, 6.45) is -0.0969. The summed E-state index contributed by atoms with van der Waals surface area (Å²) in [6, 6.07) is 11.1. The molecule has 0 spiro atoms. The van der Waals surface area contributed by atoms with Gasteiger partial charge in [0.1, 0.15) is 17.6 Å². The van der Waals surface area contributed by atoms with Crippen LogP contribution in [0.5, 0.6) is 23.0 Å². The molecular formula is C17H18O4S. The molecule has 0 radical (unpaired) electrons. The molecule has 1 aliphatic rings. The maximum atomic E-state index is 9.73. The number of benzene rings is 2. The number of phenolic OH excluding ortho intramolecular Hbond substituents is 1. The van der Waals surface area contributed by atoms with Crippen LogP contribution in [0.3, 0.4) is 0 Å². The normalized spacial score (nSPS) is 20.0.